The van der Waals surface area contributed by atoms with Gasteiger partial charge in [-0.05, 0) is 87.3 Å². The molecule has 0 amide bonds. The van der Waals surface area contributed by atoms with Crippen LogP contribution in [0.15, 0.2) is 109 Å². The van der Waals surface area contributed by atoms with Crippen LogP contribution in [0, 0.1) is 0 Å². The molecule has 0 bridgehead atoms. The zero-order chi connectivity index (χ0) is 38.4. The van der Waals surface area contributed by atoms with Gasteiger partial charge in [0.25, 0.3) is 0 Å². The summed E-state index contributed by atoms with van der Waals surface area (Å²) in [4.78, 5) is 10.6. The standard InChI is InChI=1S/C48H50Cl2N6/c1-3-5-27-55-43-15-9-7-13-39(43)41-29-37(53-45(47(41)55)33-17-21-35(49)22-18-33)31-51-25-11-12-26-52-32-38-30-42-40-14-8-10-16-44(40)56(28-6-4-2)48(42)46(54-38)34-19-23-36(50)24-20-34/h7-10,13-24,29-30,51-52H,3-6,11-12,25-28,31-32H2,1-2H3. The molecule has 0 spiro atoms. The van der Waals surface area contributed by atoms with Gasteiger partial charge >= 0.3 is 0 Å². The van der Waals surface area contributed by atoms with E-state index in [0.717, 1.165) is 109 Å². The predicted octanol–water partition coefficient (Wildman–Crippen LogP) is 12.6. The molecule has 56 heavy (non-hydrogen) atoms. The van der Waals surface area contributed by atoms with E-state index in [1.165, 1.54) is 43.6 Å². The minimum Gasteiger partial charge on any atom is -0.339 e. The van der Waals surface area contributed by atoms with E-state index in [4.69, 9.17) is 33.2 Å². The maximum Gasteiger partial charge on any atom is 0.0949 e. The minimum atomic E-state index is 0.710. The highest BCUT2D eigenvalue weighted by Crippen LogP contribution is 2.38. The van der Waals surface area contributed by atoms with Gasteiger partial charge in [-0.3, -0.25) is 0 Å². The highest BCUT2D eigenvalue weighted by atomic mass is 35.5. The molecular formula is C48H50Cl2N6. The molecule has 286 valence electrons. The lowest BCUT2D eigenvalue weighted by Crippen LogP contribution is -2.19. The Morgan fingerprint density at radius 3 is 1.32 bits per heavy atom. The van der Waals surface area contributed by atoms with Crippen LogP contribution in [0.3, 0.4) is 0 Å². The van der Waals surface area contributed by atoms with Crippen molar-refractivity contribution in [3.63, 3.8) is 0 Å². The van der Waals surface area contributed by atoms with Gasteiger partial charge in [-0.2, -0.15) is 0 Å². The zero-order valence-electron chi connectivity index (χ0n) is 32.4. The molecule has 8 rings (SSSR count). The van der Waals surface area contributed by atoms with Crippen molar-refractivity contribution in [3.05, 3.63) is 131 Å². The Labute approximate surface area is 339 Å². The summed E-state index contributed by atoms with van der Waals surface area (Å²) in [6.07, 6.45) is 6.63. The lowest BCUT2D eigenvalue weighted by atomic mass is 10.1. The highest BCUT2D eigenvalue weighted by Gasteiger charge is 2.19. The number of benzene rings is 4. The van der Waals surface area contributed by atoms with Crippen molar-refractivity contribution in [2.75, 3.05) is 13.1 Å². The summed E-state index contributed by atoms with van der Waals surface area (Å²) >= 11 is 12.6. The average molecular weight is 782 g/mol. The summed E-state index contributed by atoms with van der Waals surface area (Å²) in [5.74, 6) is 0. The van der Waals surface area contributed by atoms with Crippen LogP contribution in [0.1, 0.15) is 63.8 Å². The number of rotatable bonds is 17. The molecule has 4 aromatic heterocycles. The molecule has 0 saturated carbocycles. The molecular weight excluding hydrogens is 731 g/mol. The molecule has 8 aromatic rings. The summed E-state index contributed by atoms with van der Waals surface area (Å²) in [7, 11) is 0. The molecule has 0 aliphatic carbocycles. The second kappa shape index (κ2) is 17.6. The summed E-state index contributed by atoms with van der Waals surface area (Å²) in [5.41, 5.74) is 11.2. The molecule has 6 nitrogen and oxygen atoms in total. The van der Waals surface area contributed by atoms with Gasteiger partial charge in [-0.25, -0.2) is 9.97 Å². The normalized spacial score (nSPS) is 11.9. The number of unbranched alkanes of at least 4 members (excludes halogenated alkanes) is 3. The number of para-hydroxylation sites is 2. The summed E-state index contributed by atoms with van der Waals surface area (Å²) < 4.78 is 4.93. The molecule has 0 saturated heterocycles. The number of nitrogens with one attached hydrogen (secondary N) is 2. The largest absolute Gasteiger partial charge is 0.339 e. The van der Waals surface area contributed by atoms with Crippen LogP contribution in [0.5, 0.6) is 0 Å². The van der Waals surface area contributed by atoms with Crippen LogP contribution in [0.4, 0.5) is 0 Å². The molecule has 0 radical (unpaired) electrons. The van der Waals surface area contributed by atoms with Gasteiger partial charge in [0.15, 0.2) is 0 Å². The summed E-state index contributed by atoms with van der Waals surface area (Å²) in [6.45, 7) is 9.67. The Morgan fingerprint density at radius 1 is 0.500 bits per heavy atom. The van der Waals surface area contributed by atoms with Crippen molar-refractivity contribution in [1.29, 1.82) is 0 Å². The zero-order valence-corrected chi connectivity index (χ0v) is 33.9. The Morgan fingerprint density at radius 2 is 0.911 bits per heavy atom. The van der Waals surface area contributed by atoms with E-state index in [0.29, 0.717) is 13.1 Å². The monoisotopic (exact) mass is 780 g/mol. The molecule has 0 aliphatic rings. The van der Waals surface area contributed by atoms with Crippen molar-refractivity contribution in [1.82, 2.24) is 29.7 Å². The van der Waals surface area contributed by atoms with Crippen LogP contribution >= 0.6 is 23.2 Å². The Kier molecular flexibility index (Phi) is 12.0. The molecule has 0 unspecified atom stereocenters. The van der Waals surface area contributed by atoms with Gasteiger partial charge in [0, 0.05) is 79.9 Å². The SMILES string of the molecule is CCCCn1c2ccccc2c2cc(CNCCCCNCc3cc4c5ccccc5n(CCCC)c4c(-c4ccc(Cl)cc4)n3)nc(-c3ccc(Cl)cc3)c21. The van der Waals surface area contributed by atoms with Crippen molar-refractivity contribution >= 4 is 66.8 Å². The number of aromatic nitrogens is 4. The van der Waals surface area contributed by atoms with E-state index in [-0.39, 0.29) is 0 Å². The third kappa shape index (κ3) is 7.94. The van der Waals surface area contributed by atoms with Gasteiger partial charge in [0.05, 0.1) is 33.8 Å². The first-order valence-electron chi connectivity index (χ1n) is 20.3. The van der Waals surface area contributed by atoms with Crippen LogP contribution < -0.4 is 10.6 Å². The van der Waals surface area contributed by atoms with Gasteiger partial charge in [0.2, 0.25) is 0 Å². The Balaban J connectivity index is 0.948. The molecule has 8 heteroatoms. The fraction of sp³-hybridized carbons (Fsp3) is 0.292. The van der Waals surface area contributed by atoms with Crippen LogP contribution in [-0.2, 0) is 26.2 Å². The summed E-state index contributed by atoms with van der Waals surface area (Å²) in [5, 5.41) is 13.9. The number of hydrogen-bond donors (Lipinski definition) is 2. The Hall–Kier alpha value is -4.72. The van der Waals surface area contributed by atoms with E-state index in [1.54, 1.807) is 0 Å². The van der Waals surface area contributed by atoms with Crippen LogP contribution in [0.2, 0.25) is 10.0 Å². The van der Waals surface area contributed by atoms with Crippen LogP contribution in [0.25, 0.3) is 66.1 Å². The summed E-state index contributed by atoms with van der Waals surface area (Å²) in [6, 6.07) is 38.3. The predicted molar refractivity (Wildman–Crippen MR) is 238 cm³/mol. The number of fused-ring (bicyclic) bond motifs is 6. The lowest BCUT2D eigenvalue weighted by Gasteiger charge is -2.13. The van der Waals surface area contributed by atoms with E-state index in [9.17, 15) is 0 Å². The fourth-order valence-electron chi connectivity index (χ4n) is 8.08. The molecule has 0 fully saturated rings. The van der Waals surface area contributed by atoms with Gasteiger partial charge in [-0.15, -0.1) is 0 Å². The number of hydrogen-bond acceptors (Lipinski definition) is 4. The molecule has 4 heterocycles. The second-order valence-corrected chi connectivity index (χ2v) is 15.7. The lowest BCUT2D eigenvalue weighted by molar-refractivity contribution is 0.577. The van der Waals surface area contributed by atoms with Gasteiger partial charge in [0.1, 0.15) is 0 Å². The first-order chi connectivity index (χ1) is 27.5. The maximum atomic E-state index is 6.31. The molecule has 0 aliphatic heterocycles. The number of pyridine rings is 2. The molecule has 0 atom stereocenters. The average Bonchev–Trinajstić information content (AvgIpc) is 3.72. The van der Waals surface area contributed by atoms with E-state index < -0.39 is 0 Å². The third-order valence-electron chi connectivity index (χ3n) is 10.9. The van der Waals surface area contributed by atoms with Crippen molar-refractivity contribution < 1.29 is 0 Å². The van der Waals surface area contributed by atoms with Crippen molar-refractivity contribution in [3.8, 4) is 22.5 Å². The van der Waals surface area contributed by atoms with Gasteiger partial charge in [-0.1, -0.05) is 111 Å². The third-order valence-corrected chi connectivity index (χ3v) is 11.4. The smallest absolute Gasteiger partial charge is 0.0949 e. The maximum absolute atomic E-state index is 6.31. The van der Waals surface area contributed by atoms with Crippen molar-refractivity contribution in [2.45, 2.75) is 78.6 Å². The minimum absolute atomic E-state index is 0.710. The quantitative estimate of drug-likeness (QED) is 0.0904. The fourth-order valence-corrected chi connectivity index (χ4v) is 8.34. The number of aryl methyl sites for hydroxylation is 2. The Bertz CT molecular complexity index is 2410. The van der Waals surface area contributed by atoms with Crippen LogP contribution in [-0.4, -0.2) is 32.2 Å². The first kappa shape index (κ1) is 38.2. The van der Waals surface area contributed by atoms with E-state index in [2.05, 4.69) is 119 Å². The highest BCUT2D eigenvalue weighted by molar-refractivity contribution is 6.31. The van der Waals surface area contributed by atoms with E-state index in [1.807, 2.05) is 24.3 Å². The van der Waals surface area contributed by atoms with Crippen molar-refractivity contribution in [2.24, 2.45) is 0 Å². The first-order valence-corrected chi connectivity index (χ1v) is 21.0. The van der Waals surface area contributed by atoms with Gasteiger partial charge < -0.3 is 19.8 Å². The number of halogens is 2. The molecule has 4 aromatic carbocycles. The molecule has 2 N–H and O–H groups in total. The topological polar surface area (TPSA) is 59.7 Å². The number of nitrogens with zero attached hydrogens (tertiary/aromatic N) is 4. The van der Waals surface area contributed by atoms with E-state index >= 15 is 0 Å². The second-order valence-electron chi connectivity index (χ2n) is 14.8.